The summed E-state index contributed by atoms with van der Waals surface area (Å²) in [6, 6.07) is 8.00. The minimum Gasteiger partial charge on any atom is -0.356 e. The minimum atomic E-state index is -0.430. The van der Waals surface area contributed by atoms with Crippen LogP contribution in [0.4, 0.5) is 4.79 Å². The second-order valence-electron chi connectivity index (χ2n) is 6.25. The molecule has 1 atom stereocenters. The van der Waals surface area contributed by atoms with Crippen LogP contribution in [0, 0.1) is 12.8 Å². The van der Waals surface area contributed by atoms with Crippen LogP contribution in [0.25, 0.3) is 0 Å². The number of hydrogen-bond acceptors (Lipinski definition) is 3. The van der Waals surface area contributed by atoms with Crippen molar-refractivity contribution in [2.45, 2.75) is 31.9 Å². The number of piperidine rings is 1. The molecule has 1 fully saturated rings. The number of amides is 3. The van der Waals surface area contributed by atoms with Gasteiger partial charge in [0.05, 0.1) is 5.92 Å². The lowest BCUT2D eigenvalue weighted by atomic mass is 9.97. The zero-order chi connectivity index (χ0) is 17.4. The monoisotopic (exact) mass is 349 g/mol. The van der Waals surface area contributed by atoms with Gasteiger partial charge in [0.1, 0.15) is 0 Å². The summed E-state index contributed by atoms with van der Waals surface area (Å²) in [5, 5.41) is 2.99. The van der Waals surface area contributed by atoms with Crippen molar-refractivity contribution in [1.29, 1.82) is 0 Å². The van der Waals surface area contributed by atoms with Gasteiger partial charge in [-0.05, 0) is 43.1 Å². The molecule has 1 aliphatic rings. The number of likely N-dealkylation sites (tertiary alicyclic amines) is 1. The molecule has 0 aromatic heterocycles. The van der Waals surface area contributed by atoms with E-state index in [1.807, 2.05) is 11.8 Å². The first-order chi connectivity index (χ1) is 11.6. The summed E-state index contributed by atoms with van der Waals surface area (Å²) in [4.78, 5) is 24.9. The smallest absolute Gasteiger partial charge is 0.314 e. The third-order valence-corrected chi connectivity index (χ3v) is 5.48. The van der Waals surface area contributed by atoms with Crippen LogP contribution in [0.2, 0.25) is 0 Å². The van der Waals surface area contributed by atoms with Crippen molar-refractivity contribution in [3.8, 4) is 0 Å². The predicted molar refractivity (Wildman–Crippen MR) is 98.8 cm³/mol. The van der Waals surface area contributed by atoms with Crippen molar-refractivity contribution >= 4 is 23.7 Å². The first-order valence-electron chi connectivity index (χ1n) is 8.52. The molecule has 0 radical (unpaired) electrons. The fourth-order valence-electron chi connectivity index (χ4n) is 2.88. The van der Waals surface area contributed by atoms with E-state index in [4.69, 9.17) is 5.73 Å². The van der Waals surface area contributed by atoms with E-state index in [1.165, 1.54) is 11.1 Å². The number of benzene rings is 1. The molecule has 3 N–H and O–H groups in total. The number of rotatable bonds is 7. The molecule has 1 aromatic carbocycles. The van der Waals surface area contributed by atoms with E-state index < -0.39 is 6.03 Å². The van der Waals surface area contributed by atoms with Gasteiger partial charge in [0.25, 0.3) is 0 Å². The Bertz CT molecular complexity index is 565. The first kappa shape index (κ1) is 18.6. The Morgan fingerprint density at radius 2 is 2.17 bits per heavy atom. The van der Waals surface area contributed by atoms with E-state index in [2.05, 4.69) is 36.5 Å². The second kappa shape index (κ2) is 9.57. The number of carbonyl (C=O) groups excluding carboxylic acids is 2. The summed E-state index contributed by atoms with van der Waals surface area (Å²) < 4.78 is 0. The van der Waals surface area contributed by atoms with Crippen LogP contribution < -0.4 is 11.1 Å². The lowest BCUT2D eigenvalue weighted by Gasteiger charge is -2.30. The van der Waals surface area contributed by atoms with E-state index in [9.17, 15) is 9.59 Å². The average Bonchev–Trinajstić information content (AvgIpc) is 2.59. The van der Waals surface area contributed by atoms with Crippen LogP contribution in [-0.2, 0) is 10.5 Å². The molecular weight excluding hydrogens is 322 g/mol. The molecule has 1 saturated heterocycles. The fraction of sp³-hybridized carbons (Fsp3) is 0.556. The topological polar surface area (TPSA) is 75.4 Å². The predicted octanol–water partition coefficient (Wildman–Crippen LogP) is 2.53. The van der Waals surface area contributed by atoms with E-state index in [-0.39, 0.29) is 11.8 Å². The number of primary amides is 1. The van der Waals surface area contributed by atoms with Gasteiger partial charge in [0.2, 0.25) is 5.91 Å². The lowest BCUT2D eigenvalue weighted by Crippen LogP contribution is -2.47. The molecule has 1 aliphatic heterocycles. The zero-order valence-corrected chi connectivity index (χ0v) is 15.1. The van der Waals surface area contributed by atoms with Crippen molar-refractivity contribution in [2.75, 3.05) is 25.4 Å². The molecule has 0 unspecified atom stereocenters. The summed E-state index contributed by atoms with van der Waals surface area (Å²) in [6.07, 6.45) is 2.62. The van der Waals surface area contributed by atoms with Gasteiger partial charge < -0.3 is 16.0 Å². The molecule has 0 aliphatic carbocycles. The van der Waals surface area contributed by atoms with Crippen LogP contribution in [0.15, 0.2) is 24.3 Å². The second-order valence-corrected chi connectivity index (χ2v) is 7.35. The maximum absolute atomic E-state index is 12.2. The highest BCUT2D eigenvalue weighted by molar-refractivity contribution is 7.98. The maximum atomic E-state index is 12.2. The Kier molecular flexibility index (Phi) is 7.43. The van der Waals surface area contributed by atoms with Crippen LogP contribution in [0.5, 0.6) is 0 Å². The molecule has 6 heteroatoms. The number of nitrogens with zero attached hydrogens (tertiary/aromatic N) is 1. The average molecular weight is 350 g/mol. The Labute approximate surface area is 148 Å². The van der Waals surface area contributed by atoms with Crippen LogP contribution in [0.1, 0.15) is 30.4 Å². The molecule has 0 spiro atoms. The van der Waals surface area contributed by atoms with Crippen LogP contribution >= 0.6 is 11.8 Å². The lowest BCUT2D eigenvalue weighted by molar-refractivity contribution is -0.126. The van der Waals surface area contributed by atoms with Gasteiger partial charge in [-0.25, -0.2) is 4.79 Å². The molecule has 3 amide bonds. The minimum absolute atomic E-state index is 0.0462. The van der Waals surface area contributed by atoms with Gasteiger partial charge in [0.15, 0.2) is 0 Å². The van der Waals surface area contributed by atoms with E-state index in [0.717, 1.165) is 30.8 Å². The third kappa shape index (κ3) is 5.74. The summed E-state index contributed by atoms with van der Waals surface area (Å²) in [5.74, 6) is 1.96. The van der Waals surface area contributed by atoms with Gasteiger partial charge in [-0.1, -0.05) is 24.3 Å². The molecular formula is C18H27N3O2S. The first-order valence-corrected chi connectivity index (χ1v) is 9.67. The molecule has 0 bridgehead atoms. The Morgan fingerprint density at radius 1 is 1.38 bits per heavy atom. The van der Waals surface area contributed by atoms with E-state index in [1.54, 1.807) is 4.90 Å². The molecule has 132 valence electrons. The number of hydrogen-bond donors (Lipinski definition) is 2. The van der Waals surface area contributed by atoms with Gasteiger partial charge in [-0.2, -0.15) is 11.8 Å². The molecule has 2 rings (SSSR count). The highest BCUT2D eigenvalue weighted by Gasteiger charge is 2.26. The molecule has 0 saturated carbocycles. The van der Waals surface area contributed by atoms with Crippen LogP contribution in [-0.4, -0.2) is 42.2 Å². The summed E-state index contributed by atoms with van der Waals surface area (Å²) in [7, 11) is 0. The Hall–Kier alpha value is -1.69. The highest BCUT2D eigenvalue weighted by Crippen LogP contribution is 2.17. The van der Waals surface area contributed by atoms with Crippen molar-refractivity contribution in [2.24, 2.45) is 11.7 Å². The zero-order valence-electron chi connectivity index (χ0n) is 14.3. The highest BCUT2D eigenvalue weighted by atomic mass is 32.2. The van der Waals surface area contributed by atoms with Gasteiger partial charge >= 0.3 is 6.03 Å². The number of carbonyl (C=O) groups is 2. The number of aryl methyl sites for hydroxylation is 1. The maximum Gasteiger partial charge on any atom is 0.314 e. The quantitative estimate of drug-likeness (QED) is 0.743. The van der Waals surface area contributed by atoms with E-state index >= 15 is 0 Å². The summed E-state index contributed by atoms with van der Waals surface area (Å²) in [5.41, 5.74) is 8.00. The number of urea groups is 1. The fourth-order valence-corrected chi connectivity index (χ4v) is 3.91. The third-order valence-electron chi connectivity index (χ3n) is 4.39. The summed E-state index contributed by atoms with van der Waals surface area (Å²) >= 11 is 1.89. The number of nitrogens with one attached hydrogen (secondary N) is 1. The normalized spacial score (nSPS) is 17.5. The van der Waals surface area contributed by atoms with Gasteiger partial charge in [-0.15, -0.1) is 0 Å². The van der Waals surface area contributed by atoms with Gasteiger partial charge in [-0.3, -0.25) is 4.79 Å². The Morgan fingerprint density at radius 3 is 2.92 bits per heavy atom. The summed E-state index contributed by atoms with van der Waals surface area (Å²) in [6.45, 7) is 3.93. The van der Waals surface area contributed by atoms with Crippen LogP contribution in [0.3, 0.4) is 0 Å². The van der Waals surface area contributed by atoms with Gasteiger partial charge in [0, 0.05) is 25.4 Å². The van der Waals surface area contributed by atoms with Crippen molar-refractivity contribution < 1.29 is 9.59 Å². The number of nitrogens with two attached hydrogens (primary N) is 1. The molecule has 1 heterocycles. The molecule has 24 heavy (non-hydrogen) atoms. The van der Waals surface area contributed by atoms with Crippen molar-refractivity contribution in [3.05, 3.63) is 35.4 Å². The molecule has 5 nitrogen and oxygen atoms in total. The van der Waals surface area contributed by atoms with E-state index in [0.29, 0.717) is 19.6 Å². The standard InChI is InChI=1S/C18H27N3O2S/c1-14-6-2-3-7-16(14)13-24-11-5-9-20-17(22)15-8-4-10-21(12-15)18(19)23/h2-3,6-7,15H,4-5,8-13H2,1H3,(H2,19,23)(H,20,22)/t15-/m1/s1. The largest absolute Gasteiger partial charge is 0.356 e. The van der Waals surface area contributed by atoms with Crippen molar-refractivity contribution in [3.63, 3.8) is 0 Å². The molecule has 1 aromatic rings. The SMILES string of the molecule is Cc1ccccc1CSCCCNC(=O)[C@@H]1CCCN(C(N)=O)C1. The van der Waals surface area contributed by atoms with Crippen molar-refractivity contribution in [1.82, 2.24) is 10.2 Å². The Balaban J connectivity index is 1.59. The number of thioether (sulfide) groups is 1.